The summed E-state index contributed by atoms with van der Waals surface area (Å²) in [4.78, 5) is 0. The smallest absolute Gasteiger partial charge is 0.194 e. The fourth-order valence-corrected chi connectivity index (χ4v) is 8.41. The lowest BCUT2D eigenvalue weighted by Crippen LogP contribution is -2.44. The third-order valence-corrected chi connectivity index (χ3v) is 11.1. The van der Waals surface area contributed by atoms with E-state index in [1.165, 1.54) is 33.4 Å². The Labute approximate surface area is 293 Å². The van der Waals surface area contributed by atoms with Crippen molar-refractivity contribution >= 4 is 0 Å². The zero-order chi connectivity index (χ0) is 35.9. The van der Waals surface area contributed by atoms with E-state index in [0.717, 1.165) is 57.6 Å². The van der Waals surface area contributed by atoms with E-state index in [9.17, 15) is 26.3 Å². The molecule has 2 aliphatic heterocycles. The van der Waals surface area contributed by atoms with E-state index in [2.05, 4.69) is 52.0 Å². The van der Waals surface area contributed by atoms with Crippen LogP contribution in [0, 0.1) is 62.6 Å². The zero-order valence-electron chi connectivity index (χ0n) is 28.6. The lowest BCUT2D eigenvalue weighted by atomic mass is 9.86. The Hall–Kier alpha value is -5.14. The number of rotatable bonds is 2. The van der Waals surface area contributed by atoms with Crippen LogP contribution in [0.4, 0.5) is 26.3 Å². The van der Waals surface area contributed by atoms with Crippen molar-refractivity contribution in [1.29, 1.82) is 0 Å². The summed E-state index contributed by atoms with van der Waals surface area (Å²) >= 11 is 0. The summed E-state index contributed by atoms with van der Waals surface area (Å²) in [6.07, 6.45) is 0. The van der Waals surface area contributed by atoms with E-state index < -0.39 is 34.9 Å². The number of fused-ring (bicyclic) bond motifs is 6. The molecule has 1 nitrogen and oxygen atoms in total. The van der Waals surface area contributed by atoms with Gasteiger partial charge in [0, 0.05) is 22.3 Å². The van der Waals surface area contributed by atoms with Crippen molar-refractivity contribution in [2.45, 2.75) is 53.9 Å². The van der Waals surface area contributed by atoms with Gasteiger partial charge in [0.25, 0.3) is 0 Å². The highest BCUT2D eigenvalue weighted by Gasteiger charge is 2.40. The fraction of sp³-hybridized carbons (Fsp3) is 0.182. The van der Waals surface area contributed by atoms with Gasteiger partial charge in [0.1, 0.15) is 26.2 Å². The molecule has 0 N–H and O–H groups in total. The highest BCUT2D eigenvalue weighted by Crippen LogP contribution is 2.49. The van der Waals surface area contributed by atoms with Crippen LogP contribution in [0.3, 0.4) is 0 Å². The Kier molecular flexibility index (Phi) is 7.76. The van der Waals surface area contributed by atoms with Crippen molar-refractivity contribution < 1.29 is 30.8 Å². The Morgan fingerprint density at radius 2 is 0.784 bits per heavy atom. The zero-order valence-corrected chi connectivity index (χ0v) is 28.6. The van der Waals surface area contributed by atoms with E-state index in [-0.39, 0.29) is 11.1 Å². The molecule has 0 radical (unpaired) electrons. The predicted molar refractivity (Wildman–Crippen MR) is 188 cm³/mol. The van der Waals surface area contributed by atoms with Crippen LogP contribution in [0.1, 0.15) is 44.5 Å². The second-order valence-electron chi connectivity index (χ2n) is 14.2. The molecule has 2 aliphatic rings. The minimum Gasteiger partial charge on any atom is -0.309 e. The summed E-state index contributed by atoms with van der Waals surface area (Å²) in [6.45, 7) is 10.5. The van der Waals surface area contributed by atoms with Gasteiger partial charge in [-0.05, 0) is 119 Å². The molecule has 0 bridgehead atoms. The first-order chi connectivity index (χ1) is 24.4. The quantitative estimate of drug-likeness (QED) is 0.0964. The minimum absolute atomic E-state index is 0.206. The Morgan fingerprint density at radius 3 is 1.16 bits per heavy atom. The van der Waals surface area contributed by atoms with Crippen LogP contribution in [0.15, 0.2) is 84.9 Å². The standard InChI is InChI=1S/C44H34F6N/c1-23-11-13-27-19-51(20-28-14-12-24(2)26(4)42(28)41(27)25(23)3)21-35-31(29-15-37(45)43(49)38(46)16-29)7-5-9-33(35)34-10-6-8-32(36(34)22-51)30-17-39(47)44(50)40(48)18-30/h5-18H,19-22H2,1-4H3/q+1. The predicted octanol–water partition coefficient (Wildman–Crippen LogP) is 12.0. The monoisotopic (exact) mass is 690 g/mol. The second kappa shape index (κ2) is 12.0. The molecule has 2 heterocycles. The van der Waals surface area contributed by atoms with Crippen LogP contribution in [-0.4, -0.2) is 4.48 Å². The Balaban J connectivity index is 1.46. The molecule has 0 aromatic heterocycles. The SMILES string of the molecule is Cc1ccc2c(c1C)-c1c(ccc(C)c1C)C[N+]1(C2)Cc2c(-c3cc(F)c(F)c(F)c3)cccc2-c2cccc(-c3cc(F)c(F)c(F)c3)c2C1. The largest absolute Gasteiger partial charge is 0.309 e. The molecule has 0 unspecified atom stereocenters. The van der Waals surface area contributed by atoms with E-state index in [0.29, 0.717) is 41.8 Å². The third kappa shape index (κ3) is 5.29. The summed E-state index contributed by atoms with van der Waals surface area (Å²) in [7, 11) is 0. The van der Waals surface area contributed by atoms with E-state index in [1.807, 2.05) is 12.1 Å². The topological polar surface area (TPSA) is 0 Å². The lowest BCUT2D eigenvalue weighted by molar-refractivity contribution is -0.977. The second-order valence-corrected chi connectivity index (χ2v) is 14.2. The van der Waals surface area contributed by atoms with Crippen molar-refractivity contribution in [3.8, 4) is 44.5 Å². The first-order valence-corrected chi connectivity index (χ1v) is 16.9. The number of aryl methyl sites for hydroxylation is 2. The van der Waals surface area contributed by atoms with Gasteiger partial charge < -0.3 is 4.48 Å². The van der Waals surface area contributed by atoms with Gasteiger partial charge in [0.15, 0.2) is 34.9 Å². The van der Waals surface area contributed by atoms with E-state index in [1.54, 1.807) is 24.3 Å². The molecule has 0 aliphatic carbocycles. The molecule has 256 valence electrons. The van der Waals surface area contributed by atoms with Gasteiger partial charge in [-0.1, -0.05) is 60.7 Å². The summed E-state index contributed by atoms with van der Waals surface area (Å²) in [5.41, 5.74) is 14.1. The molecule has 0 atom stereocenters. The van der Waals surface area contributed by atoms with Crippen molar-refractivity contribution in [1.82, 2.24) is 0 Å². The first-order valence-electron chi connectivity index (χ1n) is 16.9. The number of benzene rings is 6. The highest BCUT2D eigenvalue weighted by atomic mass is 19.2. The van der Waals surface area contributed by atoms with Gasteiger partial charge in [-0.2, -0.15) is 0 Å². The number of hydrogen-bond acceptors (Lipinski definition) is 0. The summed E-state index contributed by atoms with van der Waals surface area (Å²) in [5.74, 6) is -8.19. The van der Waals surface area contributed by atoms with Gasteiger partial charge in [-0.15, -0.1) is 0 Å². The summed E-state index contributed by atoms with van der Waals surface area (Å²) in [6, 6.07) is 23.8. The molecule has 8 rings (SSSR count). The lowest BCUT2D eigenvalue weighted by Gasteiger charge is -2.38. The number of halogens is 6. The normalized spacial score (nSPS) is 14.3. The van der Waals surface area contributed by atoms with Gasteiger partial charge in [-0.3, -0.25) is 0 Å². The molecule has 0 fully saturated rings. The Morgan fingerprint density at radius 1 is 0.431 bits per heavy atom. The van der Waals surface area contributed by atoms with Crippen LogP contribution < -0.4 is 0 Å². The number of nitrogens with zero attached hydrogens (tertiary/aromatic N) is 1. The van der Waals surface area contributed by atoms with Crippen molar-refractivity contribution in [3.63, 3.8) is 0 Å². The van der Waals surface area contributed by atoms with Crippen LogP contribution in [0.5, 0.6) is 0 Å². The van der Waals surface area contributed by atoms with E-state index >= 15 is 0 Å². The molecule has 6 aromatic rings. The van der Waals surface area contributed by atoms with Crippen molar-refractivity contribution in [2.24, 2.45) is 0 Å². The first kappa shape index (κ1) is 33.0. The van der Waals surface area contributed by atoms with E-state index in [4.69, 9.17) is 0 Å². The Bertz CT molecular complexity index is 2230. The third-order valence-electron chi connectivity index (χ3n) is 11.1. The number of quaternary nitrogens is 1. The molecule has 0 amide bonds. The molecule has 7 heteroatoms. The van der Waals surface area contributed by atoms with Crippen molar-refractivity contribution in [2.75, 3.05) is 0 Å². The maximum Gasteiger partial charge on any atom is 0.194 e. The molecule has 0 saturated heterocycles. The van der Waals surface area contributed by atoms with Gasteiger partial charge >= 0.3 is 0 Å². The van der Waals surface area contributed by atoms with Gasteiger partial charge in [-0.25, -0.2) is 26.3 Å². The maximum atomic E-state index is 14.8. The van der Waals surface area contributed by atoms with Gasteiger partial charge in [0.05, 0.1) is 0 Å². The molecule has 6 aromatic carbocycles. The van der Waals surface area contributed by atoms with Crippen LogP contribution in [0.2, 0.25) is 0 Å². The van der Waals surface area contributed by atoms with Crippen LogP contribution in [-0.2, 0) is 26.2 Å². The highest BCUT2D eigenvalue weighted by molar-refractivity contribution is 5.85. The molecule has 51 heavy (non-hydrogen) atoms. The molecule has 0 saturated carbocycles. The molecular weight excluding hydrogens is 656 g/mol. The number of hydrogen-bond donors (Lipinski definition) is 0. The maximum absolute atomic E-state index is 14.8. The van der Waals surface area contributed by atoms with Crippen LogP contribution >= 0.6 is 0 Å². The molecular formula is C44H34F6N+. The molecule has 1 spiro atoms. The van der Waals surface area contributed by atoms with Gasteiger partial charge in [0.2, 0.25) is 0 Å². The van der Waals surface area contributed by atoms with Crippen LogP contribution in [0.25, 0.3) is 44.5 Å². The summed E-state index contributed by atoms with van der Waals surface area (Å²) < 4.78 is 88.0. The fourth-order valence-electron chi connectivity index (χ4n) is 8.41. The van der Waals surface area contributed by atoms with Crippen molar-refractivity contribution in [3.05, 3.63) is 164 Å². The average Bonchev–Trinajstić information content (AvgIpc) is 3.33. The minimum atomic E-state index is -1.53. The average molecular weight is 691 g/mol. The summed E-state index contributed by atoms with van der Waals surface area (Å²) in [5, 5.41) is 0.